The van der Waals surface area contributed by atoms with Gasteiger partial charge in [-0.25, -0.2) is 0 Å². The summed E-state index contributed by atoms with van der Waals surface area (Å²) in [7, 11) is 0. The summed E-state index contributed by atoms with van der Waals surface area (Å²) in [6.07, 6.45) is 2.19. The minimum atomic E-state index is -0.0399. The lowest BCUT2D eigenvalue weighted by Crippen LogP contribution is -2.34. The van der Waals surface area contributed by atoms with E-state index in [1.807, 2.05) is 13.0 Å². The van der Waals surface area contributed by atoms with E-state index in [0.29, 0.717) is 12.5 Å². The SMILES string of the molecule is CCC(CC)CN(CC)C(=O)CC#N. The third kappa shape index (κ3) is 4.27. The van der Waals surface area contributed by atoms with Gasteiger partial charge in [0.1, 0.15) is 6.42 Å². The van der Waals surface area contributed by atoms with Crippen LogP contribution in [0.2, 0.25) is 0 Å². The van der Waals surface area contributed by atoms with Crippen molar-refractivity contribution in [2.45, 2.75) is 40.0 Å². The lowest BCUT2D eigenvalue weighted by molar-refractivity contribution is -0.130. The van der Waals surface area contributed by atoms with Crippen LogP contribution < -0.4 is 0 Å². The van der Waals surface area contributed by atoms with Crippen LogP contribution in [-0.2, 0) is 4.79 Å². The van der Waals surface area contributed by atoms with Gasteiger partial charge in [0, 0.05) is 13.1 Å². The Balaban J connectivity index is 4.14. The topological polar surface area (TPSA) is 44.1 Å². The molecule has 1 amide bonds. The third-order valence-electron chi connectivity index (χ3n) is 2.60. The Morgan fingerprint density at radius 1 is 1.36 bits per heavy atom. The summed E-state index contributed by atoms with van der Waals surface area (Å²) in [6, 6.07) is 1.90. The molecule has 0 aliphatic carbocycles. The predicted octanol–water partition coefficient (Wildman–Crippen LogP) is 2.18. The van der Waals surface area contributed by atoms with Gasteiger partial charge in [-0.2, -0.15) is 5.26 Å². The molecule has 80 valence electrons. The van der Waals surface area contributed by atoms with Crippen molar-refractivity contribution in [2.75, 3.05) is 13.1 Å². The molecule has 0 rings (SSSR count). The molecule has 0 saturated carbocycles. The molecule has 0 heterocycles. The number of nitrogens with zero attached hydrogens (tertiary/aromatic N) is 2. The van der Waals surface area contributed by atoms with Crippen LogP contribution in [0.5, 0.6) is 0 Å². The Bertz CT molecular complexity index is 204. The van der Waals surface area contributed by atoms with Crippen LogP contribution in [0.4, 0.5) is 0 Å². The summed E-state index contributed by atoms with van der Waals surface area (Å²) in [5.41, 5.74) is 0. The van der Waals surface area contributed by atoms with Crippen molar-refractivity contribution in [3.8, 4) is 6.07 Å². The fourth-order valence-corrected chi connectivity index (χ4v) is 1.45. The van der Waals surface area contributed by atoms with Crippen molar-refractivity contribution in [3.63, 3.8) is 0 Å². The molecule has 0 aromatic heterocycles. The Morgan fingerprint density at radius 2 is 1.93 bits per heavy atom. The molecule has 3 nitrogen and oxygen atoms in total. The summed E-state index contributed by atoms with van der Waals surface area (Å²) in [6.45, 7) is 7.73. The maximum atomic E-state index is 11.4. The number of nitriles is 1. The highest BCUT2D eigenvalue weighted by molar-refractivity contribution is 5.78. The first kappa shape index (κ1) is 13.0. The second-order valence-electron chi connectivity index (χ2n) is 3.45. The lowest BCUT2D eigenvalue weighted by atomic mass is 10.0. The van der Waals surface area contributed by atoms with Gasteiger partial charge in [-0.1, -0.05) is 26.7 Å². The van der Waals surface area contributed by atoms with Crippen LogP contribution in [0, 0.1) is 17.2 Å². The van der Waals surface area contributed by atoms with Crippen LogP contribution in [0.3, 0.4) is 0 Å². The smallest absolute Gasteiger partial charge is 0.236 e. The second-order valence-corrected chi connectivity index (χ2v) is 3.45. The van der Waals surface area contributed by atoms with E-state index in [0.717, 1.165) is 19.4 Å². The Morgan fingerprint density at radius 3 is 2.29 bits per heavy atom. The van der Waals surface area contributed by atoms with Crippen LogP contribution >= 0.6 is 0 Å². The highest BCUT2D eigenvalue weighted by Gasteiger charge is 2.14. The number of hydrogen-bond donors (Lipinski definition) is 0. The molecular weight excluding hydrogens is 176 g/mol. The molecule has 0 unspecified atom stereocenters. The van der Waals surface area contributed by atoms with Gasteiger partial charge in [-0.3, -0.25) is 4.79 Å². The van der Waals surface area contributed by atoms with Crippen LogP contribution in [0.1, 0.15) is 40.0 Å². The first-order valence-electron chi connectivity index (χ1n) is 5.34. The van der Waals surface area contributed by atoms with E-state index in [-0.39, 0.29) is 12.3 Å². The molecular formula is C11H20N2O. The van der Waals surface area contributed by atoms with Crippen LogP contribution in [-0.4, -0.2) is 23.9 Å². The largest absolute Gasteiger partial charge is 0.342 e. The van der Waals surface area contributed by atoms with E-state index in [4.69, 9.17) is 5.26 Å². The third-order valence-corrected chi connectivity index (χ3v) is 2.60. The number of amides is 1. The van der Waals surface area contributed by atoms with Crippen molar-refractivity contribution in [2.24, 2.45) is 5.92 Å². The summed E-state index contributed by atoms with van der Waals surface area (Å²) < 4.78 is 0. The Kier molecular flexibility index (Phi) is 6.82. The zero-order valence-corrected chi connectivity index (χ0v) is 9.42. The number of carbonyl (C=O) groups is 1. The van der Waals surface area contributed by atoms with Gasteiger partial charge in [-0.15, -0.1) is 0 Å². The maximum Gasteiger partial charge on any atom is 0.236 e. The first-order valence-corrected chi connectivity index (χ1v) is 5.34. The van der Waals surface area contributed by atoms with Gasteiger partial charge in [0.15, 0.2) is 0 Å². The Labute approximate surface area is 86.7 Å². The van der Waals surface area contributed by atoms with Gasteiger partial charge >= 0.3 is 0 Å². The highest BCUT2D eigenvalue weighted by Crippen LogP contribution is 2.10. The quantitative estimate of drug-likeness (QED) is 0.653. The van der Waals surface area contributed by atoms with E-state index < -0.39 is 0 Å². The summed E-state index contributed by atoms with van der Waals surface area (Å²) in [5, 5.41) is 8.43. The molecule has 0 spiro atoms. The second kappa shape index (κ2) is 7.37. The van der Waals surface area contributed by atoms with Crippen molar-refractivity contribution in [3.05, 3.63) is 0 Å². The summed E-state index contributed by atoms with van der Waals surface area (Å²) in [5.74, 6) is 0.527. The fourth-order valence-electron chi connectivity index (χ4n) is 1.45. The molecule has 0 radical (unpaired) electrons. The average Bonchev–Trinajstić information content (AvgIpc) is 2.20. The van der Waals surface area contributed by atoms with Crippen molar-refractivity contribution in [1.82, 2.24) is 4.90 Å². The molecule has 0 atom stereocenters. The molecule has 0 N–H and O–H groups in total. The van der Waals surface area contributed by atoms with Gasteiger partial charge in [0.2, 0.25) is 5.91 Å². The molecule has 0 saturated heterocycles. The number of carbonyl (C=O) groups excluding carboxylic acids is 1. The van der Waals surface area contributed by atoms with Crippen LogP contribution in [0.25, 0.3) is 0 Å². The summed E-state index contributed by atoms with van der Waals surface area (Å²) >= 11 is 0. The van der Waals surface area contributed by atoms with Gasteiger partial charge in [0.25, 0.3) is 0 Å². The zero-order valence-electron chi connectivity index (χ0n) is 9.42. The predicted molar refractivity (Wildman–Crippen MR) is 56.6 cm³/mol. The molecule has 0 aliphatic rings. The molecule has 14 heavy (non-hydrogen) atoms. The minimum Gasteiger partial charge on any atom is -0.342 e. The van der Waals surface area contributed by atoms with Gasteiger partial charge < -0.3 is 4.90 Å². The van der Waals surface area contributed by atoms with Crippen LogP contribution in [0.15, 0.2) is 0 Å². The molecule has 0 aromatic carbocycles. The van der Waals surface area contributed by atoms with Crippen molar-refractivity contribution < 1.29 is 4.79 Å². The Hall–Kier alpha value is -1.04. The normalized spacial score (nSPS) is 9.93. The highest BCUT2D eigenvalue weighted by atomic mass is 16.2. The van der Waals surface area contributed by atoms with E-state index in [9.17, 15) is 4.79 Å². The molecule has 0 aliphatic heterocycles. The maximum absolute atomic E-state index is 11.4. The van der Waals surface area contributed by atoms with E-state index in [1.165, 1.54) is 0 Å². The summed E-state index contributed by atoms with van der Waals surface area (Å²) in [4.78, 5) is 13.2. The molecule has 3 heteroatoms. The minimum absolute atomic E-state index is 0.00793. The fraction of sp³-hybridized carbons (Fsp3) is 0.818. The van der Waals surface area contributed by atoms with E-state index >= 15 is 0 Å². The van der Waals surface area contributed by atoms with E-state index in [2.05, 4.69) is 13.8 Å². The van der Waals surface area contributed by atoms with Crippen molar-refractivity contribution >= 4 is 5.91 Å². The average molecular weight is 196 g/mol. The molecule has 0 fully saturated rings. The molecule has 0 bridgehead atoms. The zero-order chi connectivity index (χ0) is 11.0. The van der Waals surface area contributed by atoms with Gasteiger partial charge in [-0.05, 0) is 12.8 Å². The molecule has 0 aromatic rings. The van der Waals surface area contributed by atoms with Crippen molar-refractivity contribution in [1.29, 1.82) is 5.26 Å². The first-order chi connectivity index (χ1) is 6.69. The van der Waals surface area contributed by atoms with E-state index in [1.54, 1.807) is 4.90 Å². The number of rotatable bonds is 6. The lowest BCUT2D eigenvalue weighted by Gasteiger charge is -2.24. The number of hydrogen-bond acceptors (Lipinski definition) is 2. The standard InChI is InChI=1S/C11H20N2O/c1-4-10(5-2)9-13(6-3)11(14)7-8-12/h10H,4-7,9H2,1-3H3. The monoisotopic (exact) mass is 196 g/mol. The van der Waals surface area contributed by atoms with Gasteiger partial charge in [0.05, 0.1) is 6.07 Å².